The fraction of sp³-hybridized carbons (Fsp3) is 0.250. The van der Waals surface area contributed by atoms with Crippen molar-refractivity contribution in [3.8, 4) is 0 Å². The first-order chi connectivity index (χ1) is 10.9. The molecule has 0 fully saturated rings. The fourth-order valence-corrected chi connectivity index (χ4v) is 3.32. The molecule has 7 heteroatoms. The number of amides is 1. The first-order valence-corrected chi connectivity index (χ1v) is 8.62. The maximum atomic E-state index is 13.3. The lowest BCUT2D eigenvalue weighted by Crippen LogP contribution is -2.31. The van der Waals surface area contributed by atoms with Gasteiger partial charge < -0.3 is 4.90 Å². The zero-order chi connectivity index (χ0) is 17.0. The maximum Gasteiger partial charge on any atom is 0.233 e. The molecule has 2 rings (SSSR count). The summed E-state index contributed by atoms with van der Waals surface area (Å²) in [6.45, 7) is 1.77. The molecule has 1 aromatic carbocycles. The van der Waals surface area contributed by atoms with E-state index in [1.807, 2.05) is 6.07 Å². The molecule has 1 amide bonds. The highest BCUT2D eigenvalue weighted by molar-refractivity contribution is 9.10. The average Bonchev–Trinajstić information content (AvgIpc) is 2.55. The minimum absolute atomic E-state index is 0.121. The molecular formula is C16H15BrF2N2OS. The van der Waals surface area contributed by atoms with Gasteiger partial charge in [0, 0.05) is 17.7 Å². The predicted octanol–water partition coefficient (Wildman–Crippen LogP) is 4.43. The van der Waals surface area contributed by atoms with Gasteiger partial charge in [0.05, 0.1) is 11.8 Å². The van der Waals surface area contributed by atoms with Crippen molar-refractivity contribution in [1.29, 1.82) is 0 Å². The van der Waals surface area contributed by atoms with E-state index in [1.54, 1.807) is 26.2 Å². The summed E-state index contributed by atoms with van der Waals surface area (Å²) in [4.78, 5) is 18.0. The second-order valence-electron chi connectivity index (χ2n) is 4.93. The first-order valence-electron chi connectivity index (χ1n) is 6.84. The Morgan fingerprint density at radius 3 is 2.74 bits per heavy atom. The molecule has 0 radical (unpaired) electrons. The van der Waals surface area contributed by atoms with Crippen LogP contribution < -0.4 is 0 Å². The molecule has 0 saturated heterocycles. The molecule has 1 atom stereocenters. The molecule has 122 valence electrons. The summed E-state index contributed by atoms with van der Waals surface area (Å²) in [5.74, 6) is -1.72. The maximum absolute atomic E-state index is 13.3. The number of benzene rings is 1. The number of pyridine rings is 1. The molecule has 2 aromatic rings. The van der Waals surface area contributed by atoms with Gasteiger partial charge in [-0.05, 0) is 52.7 Å². The summed E-state index contributed by atoms with van der Waals surface area (Å²) in [5, 5.41) is 0.731. The van der Waals surface area contributed by atoms with Crippen molar-refractivity contribution in [3.05, 3.63) is 58.2 Å². The standard InChI is InChI=1S/C16H15BrF2N2OS/c1-10(11-5-6-13(18)14(19)8-11)21(2)15(22)9-23-16-12(17)4-3-7-20-16/h3-8,10H,9H2,1-2H3. The molecule has 0 N–H and O–H groups in total. The first kappa shape index (κ1) is 17.9. The van der Waals surface area contributed by atoms with Gasteiger partial charge in [-0.3, -0.25) is 4.79 Å². The van der Waals surface area contributed by atoms with Gasteiger partial charge in [0.1, 0.15) is 5.03 Å². The van der Waals surface area contributed by atoms with E-state index in [-0.39, 0.29) is 17.7 Å². The van der Waals surface area contributed by atoms with E-state index in [4.69, 9.17) is 0 Å². The number of nitrogens with zero attached hydrogens (tertiary/aromatic N) is 2. The molecule has 1 aromatic heterocycles. The van der Waals surface area contributed by atoms with Gasteiger partial charge in [-0.2, -0.15) is 0 Å². The lowest BCUT2D eigenvalue weighted by Gasteiger charge is -2.25. The summed E-state index contributed by atoms with van der Waals surface area (Å²) < 4.78 is 27.1. The number of carbonyl (C=O) groups is 1. The number of halogens is 3. The van der Waals surface area contributed by atoms with E-state index in [0.29, 0.717) is 5.56 Å². The van der Waals surface area contributed by atoms with E-state index < -0.39 is 11.6 Å². The number of hydrogen-bond acceptors (Lipinski definition) is 3. The lowest BCUT2D eigenvalue weighted by atomic mass is 10.1. The SMILES string of the molecule is CC(c1ccc(F)c(F)c1)N(C)C(=O)CSc1ncccc1Br. The highest BCUT2D eigenvalue weighted by atomic mass is 79.9. The van der Waals surface area contributed by atoms with Crippen LogP contribution in [0.25, 0.3) is 0 Å². The molecule has 1 heterocycles. The Morgan fingerprint density at radius 2 is 2.09 bits per heavy atom. The van der Waals surface area contributed by atoms with E-state index >= 15 is 0 Å². The average molecular weight is 401 g/mol. The Kier molecular flexibility index (Phi) is 6.12. The van der Waals surface area contributed by atoms with Gasteiger partial charge in [-0.1, -0.05) is 17.8 Å². The molecule has 0 saturated carbocycles. The second-order valence-corrected chi connectivity index (χ2v) is 6.75. The van der Waals surface area contributed by atoms with E-state index in [9.17, 15) is 13.6 Å². The van der Waals surface area contributed by atoms with Crippen molar-refractivity contribution in [3.63, 3.8) is 0 Å². The molecule has 0 bridgehead atoms. The summed E-state index contributed by atoms with van der Waals surface area (Å²) in [5.41, 5.74) is 0.545. The van der Waals surface area contributed by atoms with Crippen molar-refractivity contribution in [1.82, 2.24) is 9.88 Å². The van der Waals surface area contributed by atoms with Crippen LogP contribution in [0.2, 0.25) is 0 Å². The Balaban J connectivity index is 2.01. The molecular weight excluding hydrogens is 386 g/mol. The van der Waals surface area contributed by atoms with Crippen LogP contribution in [-0.2, 0) is 4.79 Å². The summed E-state index contributed by atoms with van der Waals surface area (Å²) in [7, 11) is 1.64. The van der Waals surface area contributed by atoms with Crippen LogP contribution in [0.15, 0.2) is 46.0 Å². The van der Waals surface area contributed by atoms with Gasteiger partial charge in [0.15, 0.2) is 11.6 Å². The molecule has 23 heavy (non-hydrogen) atoms. The smallest absolute Gasteiger partial charge is 0.233 e. The van der Waals surface area contributed by atoms with E-state index in [0.717, 1.165) is 21.6 Å². The van der Waals surface area contributed by atoms with Gasteiger partial charge in [0.2, 0.25) is 5.91 Å². The predicted molar refractivity (Wildman–Crippen MR) is 90.2 cm³/mol. The quantitative estimate of drug-likeness (QED) is 0.695. The second kappa shape index (κ2) is 7.88. The fourth-order valence-electron chi connectivity index (χ4n) is 1.92. The Morgan fingerprint density at radius 1 is 1.35 bits per heavy atom. The Labute approximate surface area is 146 Å². The number of aromatic nitrogens is 1. The Bertz CT molecular complexity index is 714. The minimum atomic E-state index is -0.915. The number of rotatable bonds is 5. The monoisotopic (exact) mass is 400 g/mol. The van der Waals surface area contributed by atoms with E-state index in [1.165, 1.54) is 22.7 Å². The third-order valence-corrected chi connectivity index (χ3v) is 5.35. The Hall–Kier alpha value is -1.47. The summed E-state index contributed by atoms with van der Waals surface area (Å²) >= 11 is 4.70. The van der Waals surface area contributed by atoms with Crippen molar-refractivity contribution in [2.75, 3.05) is 12.8 Å². The van der Waals surface area contributed by atoms with Crippen LogP contribution in [0.4, 0.5) is 8.78 Å². The van der Waals surface area contributed by atoms with Gasteiger partial charge in [-0.15, -0.1) is 0 Å². The van der Waals surface area contributed by atoms with Gasteiger partial charge in [0.25, 0.3) is 0 Å². The molecule has 0 aliphatic rings. The molecule has 3 nitrogen and oxygen atoms in total. The van der Waals surface area contributed by atoms with Crippen LogP contribution in [-0.4, -0.2) is 28.6 Å². The third-order valence-electron chi connectivity index (χ3n) is 3.46. The molecule has 0 aliphatic heterocycles. The number of carbonyl (C=O) groups excluding carboxylic acids is 1. The minimum Gasteiger partial charge on any atom is -0.338 e. The van der Waals surface area contributed by atoms with Crippen LogP contribution in [0.1, 0.15) is 18.5 Å². The highest BCUT2D eigenvalue weighted by Crippen LogP contribution is 2.26. The van der Waals surface area contributed by atoms with Crippen molar-refractivity contribution in [2.45, 2.75) is 18.0 Å². The van der Waals surface area contributed by atoms with Crippen LogP contribution in [0.3, 0.4) is 0 Å². The van der Waals surface area contributed by atoms with Crippen molar-refractivity contribution >= 4 is 33.6 Å². The van der Waals surface area contributed by atoms with Crippen molar-refractivity contribution < 1.29 is 13.6 Å². The molecule has 0 aliphatic carbocycles. The summed E-state index contributed by atoms with van der Waals surface area (Å²) in [6, 6.07) is 6.96. The zero-order valence-corrected chi connectivity index (χ0v) is 15.0. The zero-order valence-electron chi connectivity index (χ0n) is 12.6. The topological polar surface area (TPSA) is 33.2 Å². The lowest BCUT2D eigenvalue weighted by molar-refractivity contribution is -0.128. The van der Waals surface area contributed by atoms with Crippen LogP contribution >= 0.6 is 27.7 Å². The highest BCUT2D eigenvalue weighted by Gasteiger charge is 2.19. The van der Waals surface area contributed by atoms with E-state index in [2.05, 4.69) is 20.9 Å². The normalized spacial score (nSPS) is 12.0. The van der Waals surface area contributed by atoms with Crippen molar-refractivity contribution in [2.24, 2.45) is 0 Å². The number of thioether (sulfide) groups is 1. The summed E-state index contributed by atoms with van der Waals surface area (Å²) in [6.07, 6.45) is 1.66. The van der Waals surface area contributed by atoms with Crippen LogP contribution in [0.5, 0.6) is 0 Å². The largest absolute Gasteiger partial charge is 0.338 e. The van der Waals surface area contributed by atoms with Gasteiger partial charge in [-0.25, -0.2) is 13.8 Å². The number of hydrogen-bond donors (Lipinski definition) is 0. The third kappa shape index (κ3) is 4.51. The molecule has 1 unspecified atom stereocenters. The van der Waals surface area contributed by atoms with Gasteiger partial charge >= 0.3 is 0 Å². The molecule has 0 spiro atoms. The van der Waals surface area contributed by atoms with Crippen LogP contribution in [0, 0.1) is 11.6 Å².